The first-order valence-electron chi connectivity index (χ1n) is 8.65. The van der Waals surface area contributed by atoms with Crippen LogP contribution in [0, 0.1) is 5.82 Å². The van der Waals surface area contributed by atoms with E-state index in [4.69, 9.17) is 9.47 Å². The van der Waals surface area contributed by atoms with Gasteiger partial charge in [0.05, 0.1) is 13.7 Å². The zero-order chi connectivity index (χ0) is 18.8. The van der Waals surface area contributed by atoms with E-state index >= 15 is 0 Å². The van der Waals surface area contributed by atoms with Crippen molar-refractivity contribution in [3.05, 3.63) is 59.4 Å². The lowest BCUT2D eigenvalue weighted by Crippen LogP contribution is -2.37. The minimum Gasteiger partial charge on any atom is -0.493 e. The Kier molecular flexibility index (Phi) is 7.74. The molecule has 26 heavy (non-hydrogen) atoms. The molecule has 0 unspecified atom stereocenters. The van der Waals surface area contributed by atoms with Crippen LogP contribution in [0.4, 0.5) is 4.39 Å². The van der Waals surface area contributed by atoms with Crippen LogP contribution in [0.1, 0.15) is 18.1 Å². The molecule has 2 rings (SSSR count). The molecular weight excluding hydrogens is 333 g/mol. The average Bonchev–Trinajstić information content (AvgIpc) is 2.66. The van der Waals surface area contributed by atoms with Gasteiger partial charge < -0.3 is 20.1 Å². The van der Waals surface area contributed by atoms with Gasteiger partial charge in [0.15, 0.2) is 17.5 Å². The van der Waals surface area contributed by atoms with Crippen LogP contribution in [0.25, 0.3) is 0 Å². The first-order chi connectivity index (χ1) is 12.7. The Labute approximate surface area is 154 Å². The van der Waals surface area contributed by atoms with E-state index in [0.717, 1.165) is 29.0 Å². The molecular formula is C20H26FN3O2. The molecule has 5 nitrogen and oxygen atoms in total. The number of hydrogen-bond acceptors (Lipinski definition) is 3. The van der Waals surface area contributed by atoms with Crippen LogP contribution < -0.4 is 20.1 Å². The third-order valence-electron chi connectivity index (χ3n) is 3.83. The fourth-order valence-corrected chi connectivity index (χ4v) is 2.48. The van der Waals surface area contributed by atoms with Crippen LogP contribution in [-0.2, 0) is 13.0 Å². The van der Waals surface area contributed by atoms with E-state index in [1.165, 1.54) is 12.1 Å². The van der Waals surface area contributed by atoms with Crippen molar-refractivity contribution in [2.45, 2.75) is 19.9 Å². The van der Waals surface area contributed by atoms with Crippen LogP contribution in [0.15, 0.2) is 47.5 Å². The second-order valence-electron chi connectivity index (χ2n) is 5.65. The molecule has 0 amide bonds. The quantitative estimate of drug-likeness (QED) is 0.562. The number of halogens is 1. The maximum atomic E-state index is 12.9. The molecule has 0 aliphatic rings. The summed E-state index contributed by atoms with van der Waals surface area (Å²) < 4.78 is 23.8. The third-order valence-corrected chi connectivity index (χ3v) is 3.83. The number of aliphatic imine (C=N–C) groups is 1. The normalized spacial score (nSPS) is 11.2. The van der Waals surface area contributed by atoms with Gasteiger partial charge in [0.2, 0.25) is 0 Å². The van der Waals surface area contributed by atoms with Crippen molar-refractivity contribution in [3.8, 4) is 11.5 Å². The van der Waals surface area contributed by atoms with Crippen LogP contribution in [0.2, 0.25) is 0 Å². The number of guanidine groups is 1. The number of ether oxygens (including phenoxy) is 2. The lowest BCUT2D eigenvalue weighted by molar-refractivity contribution is 0.310. The number of rotatable bonds is 8. The van der Waals surface area contributed by atoms with Gasteiger partial charge in [-0.05, 0) is 48.7 Å². The highest BCUT2D eigenvalue weighted by Crippen LogP contribution is 2.27. The van der Waals surface area contributed by atoms with Crippen molar-refractivity contribution >= 4 is 5.96 Å². The maximum absolute atomic E-state index is 12.9. The van der Waals surface area contributed by atoms with E-state index in [1.807, 2.05) is 25.1 Å². The zero-order valence-corrected chi connectivity index (χ0v) is 15.5. The van der Waals surface area contributed by atoms with Crippen LogP contribution in [0.3, 0.4) is 0 Å². The predicted molar refractivity (Wildman–Crippen MR) is 102 cm³/mol. The third kappa shape index (κ3) is 5.95. The molecule has 0 atom stereocenters. The molecule has 2 aromatic carbocycles. The molecule has 0 aromatic heterocycles. The standard InChI is InChI=1S/C20H26FN3O2/c1-4-26-19-13-16(7-10-18(19)25-3)14-24-20(22-2)23-12-11-15-5-8-17(21)9-6-15/h5-10,13H,4,11-12,14H2,1-3H3,(H2,22,23,24). The van der Waals surface area contributed by atoms with Gasteiger partial charge in [0.25, 0.3) is 0 Å². The largest absolute Gasteiger partial charge is 0.493 e. The Morgan fingerprint density at radius 3 is 2.42 bits per heavy atom. The van der Waals surface area contributed by atoms with Crippen molar-refractivity contribution in [1.29, 1.82) is 0 Å². The summed E-state index contributed by atoms with van der Waals surface area (Å²) >= 11 is 0. The van der Waals surface area contributed by atoms with Gasteiger partial charge in [-0.3, -0.25) is 4.99 Å². The number of benzene rings is 2. The summed E-state index contributed by atoms with van der Waals surface area (Å²) in [7, 11) is 3.36. The summed E-state index contributed by atoms with van der Waals surface area (Å²) in [5.41, 5.74) is 2.14. The molecule has 0 aliphatic carbocycles. The lowest BCUT2D eigenvalue weighted by Gasteiger charge is -2.14. The fraction of sp³-hybridized carbons (Fsp3) is 0.350. The summed E-state index contributed by atoms with van der Waals surface area (Å²) in [6, 6.07) is 12.4. The highest BCUT2D eigenvalue weighted by atomic mass is 19.1. The van der Waals surface area contributed by atoms with Gasteiger partial charge in [-0.15, -0.1) is 0 Å². The molecule has 6 heteroatoms. The molecule has 0 radical (unpaired) electrons. The van der Waals surface area contributed by atoms with Crippen LogP contribution >= 0.6 is 0 Å². The van der Waals surface area contributed by atoms with Gasteiger partial charge in [0, 0.05) is 20.1 Å². The Hall–Kier alpha value is -2.76. The van der Waals surface area contributed by atoms with Crippen molar-refractivity contribution in [2.24, 2.45) is 4.99 Å². The van der Waals surface area contributed by atoms with E-state index in [2.05, 4.69) is 15.6 Å². The molecule has 0 saturated heterocycles. The van der Waals surface area contributed by atoms with E-state index in [0.29, 0.717) is 25.7 Å². The molecule has 0 aliphatic heterocycles. The second kappa shape index (κ2) is 10.3. The van der Waals surface area contributed by atoms with E-state index in [-0.39, 0.29) is 5.82 Å². The number of nitrogens with zero attached hydrogens (tertiary/aromatic N) is 1. The SMILES string of the molecule is CCOc1cc(CNC(=NC)NCCc2ccc(F)cc2)ccc1OC. The lowest BCUT2D eigenvalue weighted by atomic mass is 10.1. The Morgan fingerprint density at radius 2 is 1.77 bits per heavy atom. The fourth-order valence-electron chi connectivity index (χ4n) is 2.48. The number of nitrogens with one attached hydrogen (secondary N) is 2. The minimum absolute atomic E-state index is 0.218. The smallest absolute Gasteiger partial charge is 0.191 e. The summed E-state index contributed by atoms with van der Waals surface area (Å²) in [6.45, 7) is 3.84. The summed E-state index contributed by atoms with van der Waals surface area (Å²) in [4.78, 5) is 4.22. The van der Waals surface area contributed by atoms with Crippen molar-refractivity contribution in [2.75, 3.05) is 27.3 Å². The Bertz CT molecular complexity index is 717. The zero-order valence-electron chi connectivity index (χ0n) is 15.5. The molecule has 0 fully saturated rings. The van der Waals surface area contributed by atoms with Crippen LogP contribution in [-0.4, -0.2) is 33.3 Å². The first-order valence-corrected chi connectivity index (χ1v) is 8.65. The van der Waals surface area contributed by atoms with E-state index in [9.17, 15) is 4.39 Å². The van der Waals surface area contributed by atoms with Crippen molar-refractivity contribution < 1.29 is 13.9 Å². The first kappa shape index (κ1) is 19.6. The topological polar surface area (TPSA) is 54.9 Å². The molecule has 0 saturated carbocycles. The summed E-state index contributed by atoms with van der Waals surface area (Å²) in [6.07, 6.45) is 0.790. The Balaban J connectivity index is 1.84. The Morgan fingerprint density at radius 1 is 1.04 bits per heavy atom. The van der Waals surface area contributed by atoms with Crippen LogP contribution in [0.5, 0.6) is 11.5 Å². The van der Waals surface area contributed by atoms with E-state index < -0.39 is 0 Å². The second-order valence-corrected chi connectivity index (χ2v) is 5.65. The monoisotopic (exact) mass is 359 g/mol. The molecule has 140 valence electrons. The number of methoxy groups -OCH3 is 1. The minimum atomic E-state index is -0.218. The van der Waals surface area contributed by atoms with Crippen molar-refractivity contribution in [3.63, 3.8) is 0 Å². The molecule has 2 aromatic rings. The van der Waals surface area contributed by atoms with Gasteiger partial charge in [-0.2, -0.15) is 0 Å². The van der Waals surface area contributed by atoms with Gasteiger partial charge >= 0.3 is 0 Å². The summed E-state index contributed by atoms with van der Waals surface area (Å²) in [5, 5.41) is 6.52. The van der Waals surface area contributed by atoms with Gasteiger partial charge in [-0.1, -0.05) is 18.2 Å². The van der Waals surface area contributed by atoms with Crippen molar-refractivity contribution in [1.82, 2.24) is 10.6 Å². The molecule has 0 spiro atoms. The molecule has 2 N–H and O–H groups in total. The van der Waals surface area contributed by atoms with Gasteiger partial charge in [-0.25, -0.2) is 4.39 Å². The van der Waals surface area contributed by atoms with Gasteiger partial charge in [0.1, 0.15) is 5.82 Å². The highest BCUT2D eigenvalue weighted by molar-refractivity contribution is 5.79. The molecule has 0 heterocycles. The molecule has 0 bridgehead atoms. The van der Waals surface area contributed by atoms with E-state index in [1.54, 1.807) is 26.3 Å². The highest BCUT2D eigenvalue weighted by Gasteiger charge is 2.06. The number of hydrogen-bond donors (Lipinski definition) is 2. The summed E-state index contributed by atoms with van der Waals surface area (Å²) in [5.74, 6) is 1.94. The predicted octanol–water partition coefficient (Wildman–Crippen LogP) is 3.14. The maximum Gasteiger partial charge on any atom is 0.191 e. The average molecular weight is 359 g/mol.